The highest BCUT2D eigenvalue weighted by Gasteiger charge is 2.23. The summed E-state index contributed by atoms with van der Waals surface area (Å²) in [5.41, 5.74) is 4.21. The average molecular weight is 377 g/mol. The number of hydrogen-bond acceptors (Lipinski definition) is 8. The molecule has 2 aromatic carbocycles. The van der Waals surface area contributed by atoms with Crippen molar-refractivity contribution < 1.29 is 18.7 Å². The SMILES string of the molecule is COc1cc(-c2nocc2-c2ccc(-c3nnnn3C)cc2)cc2c1OCO2. The molecule has 2 aromatic heterocycles. The van der Waals surface area contributed by atoms with Crippen molar-refractivity contribution in [3.63, 3.8) is 0 Å². The summed E-state index contributed by atoms with van der Waals surface area (Å²) in [6.45, 7) is 0.166. The Balaban J connectivity index is 1.55. The first-order valence-electron chi connectivity index (χ1n) is 8.50. The quantitative estimate of drug-likeness (QED) is 0.535. The number of ether oxygens (including phenoxy) is 3. The lowest BCUT2D eigenvalue weighted by Crippen LogP contribution is -1.94. The lowest BCUT2D eigenvalue weighted by molar-refractivity contribution is 0.171. The Morgan fingerprint density at radius 2 is 1.86 bits per heavy atom. The van der Waals surface area contributed by atoms with Crippen LogP contribution in [0.1, 0.15) is 0 Å². The van der Waals surface area contributed by atoms with E-state index in [9.17, 15) is 0 Å². The molecule has 0 aliphatic carbocycles. The van der Waals surface area contributed by atoms with E-state index in [4.69, 9.17) is 18.7 Å². The standard InChI is InChI=1S/C19H15N5O4/c1-24-19(20-22-23-24)12-5-3-11(4-6-12)14-9-28-21-17(14)13-7-15(25-2)18-16(8-13)26-10-27-18/h3-9H,10H2,1-2H3. The number of fused-ring (bicyclic) bond motifs is 1. The predicted octanol–water partition coefficient (Wildman–Crippen LogP) is 2.94. The van der Waals surface area contributed by atoms with Crippen LogP contribution in [0.2, 0.25) is 0 Å². The lowest BCUT2D eigenvalue weighted by Gasteiger charge is -2.08. The first-order valence-corrected chi connectivity index (χ1v) is 8.50. The summed E-state index contributed by atoms with van der Waals surface area (Å²) in [4.78, 5) is 0. The average Bonchev–Trinajstić information content (AvgIpc) is 3.47. The van der Waals surface area contributed by atoms with Gasteiger partial charge in [0.15, 0.2) is 17.3 Å². The van der Waals surface area contributed by atoms with Gasteiger partial charge in [-0.1, -0.05) is 29.4 Å². The number of benzene rings is 2. The molecule has 1 aliphatic heterocycles. The normalized spacial score (nSPS) is 12.4. The molecule has 0 N–H and O–H groups in total. The van der Waals surface area contributed by atoms with Gasteiger partial charge in [0.25, 0.3) is 0 Å². The van der Waals surface area contributed by atoms with Crippen LogP contribution in [-0.4, -0.2) is 39.3 Å². The van der Waals surface area contributed by atoms with Gasteiger partial charge in [0.05, 0.1) is 7.11 Å². The van der Waals surface area contributed by atoms with Crippen LogP contribution in [0.5, 0.6) is 17.2 Å². The maximum absolute atomic E-state index is 5.51. The Kier molecular flexibility index (Phi) is 3.71. The monoisotopic (exact) mass is 377 g/mol. The zero-order valence-electron chi connectivity index (χ0n) is 15.1. The summed E-state index contributed by atoms with van der Waals surface area (Å²) in [6, 6.07) is 11.6. The molecule has 28 heavy (non-hydrogen) atoms. The third kappa shape index (κ3) is 2.56. The van der Waals surface area contributed by atoms with Crippen molar-refractivity contribution in [1.82, 2.24) is 25.4 Å². The molecule has 0 unspecified atom stereocenters. The Hall–Kier alpha value is -3.88. The first-order chi connectivity index (χ1) is 13.7. The Morgan fingerprint density at radius 3 is 2.61 bits per heavy atom. The molecule has 4 aromatic rings. The van der Waals surface area contributed by atoms with Crippen LogP contribution in [-0.2, 0) is 7.05 Å². The minimum atomic E-state index is 0.166. The van der Waals surface area contributed by atoms with Crippen molar-refractivity contribution >= 4 is 0 Å². The molecule has 9 nitrogen and oxygen atoms in total. The van der Waals surface area contributed by atoms with Crippen molar-refractivity contribution in [2.45, 2.75) is 0 Å². The molecule has 0 spiro atoms. The number of tetrazole rings is 1. The van der Waals surface area contributed by atoms with E-state index in [1.54, 1.807) is 25.1 Å². The second-order valence-corrected chi connectivity index (χ2v) is 6.19. The van der Waals surface area contributed by atoms with Gasteiger partial charge in [-0.3, -0.25) is 0 Å². The van der Waals surface area contributed by atoms with Crippen LogP contribution in [0.15, 0.2) is 47.2 Å². The molecule has 1 aliphatic rings. The third-order valence-corrected chi connectivity index (χ3v) is 4.58. The molecule has 0 saturated carbocycles. The van der Waals surface area contributed by atoms with Crippen LogP contribution < -0.4 is 14.2 Å². The molecule has 0 fully saturated rings. The molecule has 3 heterocycles. The summed E-state index contributed by atoms with van der Waals surface area (Å²) in [5.74, 6) is 2.49. The van der Waals surface area contributed by atoms with Crippen molar-refractivity contribution in [2.75, 3.05) is 13.9 Å². The lowest BCUT2D eigenvalue weighted by atomic mass is 10.00. The largest absolute Gasteiger partial charge is 0.493 e. The molecule has 0 radical (unpaired) electrons. The van der Waals surface area contributed by atoms with E-state index < -0.39 is 0 Å². The van der Waals surface area contributed by atoms with Gasteiger partial charge in [-0.15, -0.1) is 5.10 Å². The molecule has 0 atom stereocenters. The Bertz CT molecular complexity index is 1150. The molecule has 9 heteroatoms. The summed E-state index contributed by atoms with van der Waals surface area (Å²) < 4.78 is 23.3. The molecule has 140 valence electrons. The highest BCUT2D eigenvalue weighted by Crippen LogP contribution is 2.45. The van der Waals surface area contributed by atoms with Gasteiger partial charge >= 0.3 is 0 Å². The van der Waals surface area contributed by atoms with Gasteiger partial charge in [-0.25, -0.2) is 4.68 Å². The fourth-order valence-corrected chi connectivity index (χ4v) is 3.19. The molecule has 5 rings (SSSR count). The van der Waals surface area contributed by atoms with E-state index in [2.05, 4.69) is 20.7 Å². The minimum absolute atomic E-state index is 0.166. The van der Waals surface area contributed by atoms with Crippen LogP contribution in [0.4, 0.5) is 0 Å². The van der Waals surface area contributed by atoms with Crippen LogP contribution in [0.3, 0.4) is 0 Å². The van der Waals surface area contributed by atoms with Crippen molar-refractivity contribution in [3.05, 3.63) is 42.7 Å². The van der Waals surface area contributed by atoms with Crippen LogP contribution in [0.25, 0.3) is 33.8 Å². The predicted molar refractivity (Wildman–Crippen MR) is 97.8 cm³/mol. The van der Waals surface area contributed by atoms with Crippen molar-refractivity contribution in [3.8, 4) is 51.0 Å². The topological polar surface area (TPSA) is 97.3 Å². The van der Waals surface area contributed by atoms with Gasteiger partial charge < -0.3 is 18.7 Å². The maximum Gasteiger partial charge on any atom is 0.231 e. The van der Waals surface area contributed by atoms with Crippen LogP contribution >= 0.6 is 0 Å². The van der Waals surface area contributed by atoms with Gasteiger partial charge in [-0.05, 0) is 28.1 Å². The van der Waals surface area contributed by atoms with Crippen molar-refractivity contribution in [1.29, 1.82) is 0 Å². The second kappa shape index (κ2) is 6.38. The van der Waals surface area contributed by atoms with E-state index in [1.807, 2.05) is 36.4 Å². The summed E-state index contributed by atoms with van der Waals surface area (Å²) in [6.07, 6.45) is 1.62. The summed E-state index contributed by atoms with van der Waals surface area (Å²) in [5, 5.41) is 15.7. The highest BCUT2D eigenvalue weighted by molar-refractivity contribution is 5.82. The maximum atomic E-state index is 5.51. The van der Waals surface area contributed by atoms with Gasteiger partial charge in [0, 0.05) is 23.7 Å². The van der Waals surface area contributed by atoms with Gasteiger partial charge in [-0.2, -0.15) is 0 Å². The first kappa shape index (κ1) is 16.3. The number of nitrogens with zero attached hydrogens (tertiary/aromatic N) is 5. The zero-order valence-corrected chi connectivity index (χ0v) is 15.1. The number of rotatable bonds is 4. The van der Waals surface area contributed by atoms with Gasteiger partial charge in [0.2, 0.25) is 12.5 Å². The van der Waals surface area contributed by atoms with Gasteiger partial charge in [0.1, 0.15) is 12.0 Å². The van der Waals surface area contributed by atoms with Crippen molar-refractivity contribution in [2.24, 2.45) is 7.05 Å². The number of methoxy groups -OCH3 is 1. The molecule has 0 bridgehead atoms. The third-order valence-electron chi connectivity index (χ3n) is 4.58. The molecular weight excluding hydrogens is 362 g/mol. The van der Waals surface area contributed by atoms with E-state index in [1.165, 1.54) is 0 Å². The molecule has 0 amide bonds. The summed E-state index contributed by atoms with van der Waals surface area (Å²) >= 11 is 0. The van der Waals surface area contributed by atoms with E-state index in [-0.39, 0.29) is 6.79 Å². The molecular formula is C19H15N5O4. The molecule has 0 saturated heterocycles. The van der Waals surface area contributed by atoms with E-state index >= 15 is 0 Å². The zero-order chi connectivity index (χ0) is 19.1. The summed E-state index contributed by atoms with van der Waals surface area (Å²) in [7, 11) is 3.39. The number of hydrogen-bond donors (Lipinski definition) is 0. The fourth-order valence-electron chi connectivity index (χ4n) is 3.19. The smallest absolute Gasteiger partial charge is 0.231 e. The van der Waals surface area contributed by atoms with E-state index in [0.717, 1.165) is 22.3 Å². The Morgan fingerprint density at radius 1 is 1.04 bits per heavy atom. The van der Waals surface area contributed by atoms with E-state index in [0.29, 0.717) is 28.8 Å². The van der Waals surface area contributed by atoms with Crippen LogP contribution in [0, 0.1) is 0 Å². The highest BCUT2D eigenvalue weighted by atomic mass is 16.7. The Labute approximate surface area is 159 Å². The fraction of sp³-hybridized carbons (Fsp3) is 0.158. The number of aryl methyl sites for hydroxylation is 1. The second-order valence-electron chi connectivity index (χ2n) is 6.19. The number of aromatic nitrogens is 5. The minimum Gasteiger partial charge on any atom is -0.493 e.